The number of hydrogen-bond acceptors (Lipinski definition) is 6. The number of amides is 1. The lowest BCUT2D eigenvalue weighted by Gasteiger charge is -2.26. The van der Waals surface area contributed by atoms with Crippen LogP contribution in [0.25, 0.3) is 0 Å². The van der Waals surface area contributed by atoms with E-state index in [1.165, 1.54) is 0 Å². The third kappa shape index (κ3) is 3.99. The number of aromatic nitrogens is 2. The average Bonchev–Trinajstić information content (AvgIpc) is 2.67. The number of rotatable bonds is 5. The van der Waals surface area contributed by atoms with Crippen molar-refractivity contribution in [2.45, 2.75) is 6.54 Å². The lowest BCUT2D eigenvalue weighted by atomic mass is 10.2. The second-order valence-corrected chi connectivity index (χ2v) is 5.36. The van der Waals surface area contributed by atoms with E-state index in [2.05, 4.69) is 20.2 Å². The summed E-state index contributed by atoms with van der Waals surface area (Å²) in [5, 5.41) is 2.87. The Kier molecular flexibility index (Phi) is 5.22. The molecule has 1 aromatic carbocycles. The van der Waals surface area contributed by atoms with Gasteiger partial charge in [0.15, 0.2) is 0 Å². The summed E-state index contributed by atoms with van der Waals surface area (Å²) in [6, 6.07) is 8.84. The second kappa shape index (κ2) is 7.74. The van der Waals surface area contributed by atoms with E-state index in [0.717, 1.165) is 18.8 Å². The zero-order chi connectivity index (χ0) is 16.8. The van der Waals surface area contributed by atoms with E-state index in [-0.39, 0.29) is 5.91 Å². The van der Waals surface area contributed by atoms with Crippen molar-refractivity contribution in [2.24, 2.45) is 0 Å². The predicted octanol–water partition coefficient (Wildman–Crippen LogP) is 1.25. The highest BCUT2D eigenvalue weighted by Gasteiger charge is 2.14. The highest BCUT2D eigenvalue weighted by atomic mass is 16.5. The van der Waals surface area contributed by atoms with E-state index in [0.29, 0.717) is 37.0 Å². The number of morpholine rings is 1. The van der Waals surface area contributed by atoms with Crippen molar-refractivity contribution in [1.29, 1.82) is 0 Å². The summed E-state index contributed by atoms with van der Waals surface area (Å²) in [6.07, 6.45) is 1.71. The van der Waals surface area contributed by atoms with Gasteiger partial charge in [-0.25, -0.2) is 9.97 Å². The largest absolute Gasteiger partial charge is 0.497 e. The molecule has 24 heavy (non-hydrogen) atoms. The van der Waals surface area contributed by atoms with Gasteiger partial charge in [-0.05, 0) is 24.3 Å². The van der Waals surface area contributed by atoms with Crippen molar-refractivity contribution in [3.8, 4) is 5.75 Å². The lowest BCUT2D eigenvalue weighted by molar-refractivity contribution is 0.0950. The van der Waals surface area contributed by atoms with Gasteiger partial charge in [-0.2, -0.15) is 0 Å². The molecule has 2 heterocycles. The monoisotopic (exact) mass is 328 g/mol. The SMILES string of the molecule is COc1cccc(C(=O)NCc2ccnc(N3CCOCC3)n2)c1. The molecule has 0 unspecified atom stereocenters. The van der Waals surface area contributed by atoms with Crippen LogP contribution in [0.15, 0.2) is 36.5 Å². The number of carbonyl (C=O) groups is 1. The van der Waals surface area contributed by atoms with Crippen molar-refractivity contribution >= 4 is 11.9 Å². The lowest BCUT2D eigenvalue weighted by Crippen LogP contribution is -2.37. The molecular formula is C17H20N4O3. The number of methoxy groups -OCH3 is 1. The molecule has 1 aliphatic heterocycles. The van der Waals surface area contributed by atoms with Gasteiger partial charge in [0, 0.05) is 24.8 Å². The maximum Gasteiger partial charge on any atom is 0.251 e. The molecule has 2 aromatic rings. The minimum atomic E-state index is -0.166. The van der Waals surface area contributed by atoms with Crippen LogP contribution in [0.3, 0.4) is 0 Å². The number of hydrogen-bond donors (Lipinski definition) is 1. The quantitative estimate of drug-likeness (QED) is 0.890. The third-order valence-electron chi connectivity index (χ3n) is 3.76. The molecule has 3 rings (SSSR count). The molecule has 1 amide bonds. The number of nitrogens with zero attached hydrogens (tertiary/aromatic N) is 3. The molecule has 1 N–H and O–H groups in total. The van der Waals surface area contributed by atoms with E-state index in [1.807, 2.05) is 0 Å². The Bertz CT molecular complexity index is 702. The van der Waals surface area contributed by atoms with Crippen LogP contribution in [0.4, 0.5) is 5.95 Å². The van der Waals surface area contributed by atoms with Crippen LogP contribution < -0.4 is 15.0 Å². The average molecular weight is 328 g/mol. The number of ether oxygens (including phenoxy) is 2. The van der Waals surface area contributed by atoms with Gasteiger partial charge in [-0.1, -0.05) is 6.07 Å². The first-order valence-corrected chi connectivity index (χ1v) is 7.83. The Labute approximate surface area is 140 Å². The van der Waals surface area contributed by atoms with E-state index in [9.17, 15) is 4.79 Å². The summed E-state index contributed by atoms with van der Waals surface area (Å²) in [5.41, 5.74) is 1.32. The summed E-state index contributed by atoms with van der Waals surface area (Å²) in [7, 11) is 1.57. The minimum Gasteiger partial charge on any atom is -0.497 e. The van der Waals surface area contributed by atoms with Crippen molar-refractivity contribution in [2.75, 3.05) is 38.3 Å². The summed E-state index contributed by atoms with van der Waals surface area (Å²) < 4.78 is 10.5. The van der Waals surface area contributed by atoms with Gasteiger partial charge >= 0.3 is 0 Å². The molecule has 1 saturated heterocycles. The molecule has 0 radical (unpaired) electrons. The Balaban J connectivity index is 1.62. The van der Waals surface area contributed by atoms with Gasteiger partial charge in [-0.15, -0.1) is 0 Å². The highest BCUT2D eigenvalue weighted by Crippen LogP contribution is 2.13. The summed E-state index contributed by atoms with van der Waals surface area (Å²) in [6.45, 7) is 3.26. The fourth-order valence-corrected chi connectivity index (χ4v) is 2.44. The van der Waals surface area contributed by atoms with Gasteiger partial charge in [0.05, 0.1) is 32.6 Å². The van der Waals surface area contributed by atoms with Crippen LogP contribution in [-0.4, -0.2) is 49.3 Å². The Morgan fingerprint density at radius 2 is 2.17 bits per heavy atom. The Morgan fingerprint density at radius 1 is 1.33 bits per heavy atom. The first-order chi connectivity index (χ1) is 11.8. The maximum absolute atomic E-state index is 12.2. The molecule has 126 valence electrons. The molecule has 0 spiro atoms. The minimum absolute atomic E-state index is 0.166. The standard InChI is InChI=1S/C17H20N4O3/c1-23-15-4-2-3-13(11-15)16(22)19-12-14-5-6-18-17(20-14)21-7-9-24-10-8-21/h2-6,11H,7-10,12H2,1H3,(H,19,22). The van der Waals surface area contributed by atoms with Crippen LogP contribution in [0, 0.1) is 0 Å². The summed E-state index contributed by atoms with van der Waals surface area (Å²) in [4.78, 5) is 23.1. The molecular weight excluding hydrogens is 308 g/mol. The number of benzene rings is 1. The van der Waals surface area contributed by atoms with Gasteiger partial charge in [0.1, 0.15) is 5.75 Å². The smallest absolute Gasteiger partial charge is 0.251 e. The molecule has 1 fully saturated rings. The summed E-state index contributed by atoms with van der Waals surface area (Å²) >= 11 is 0. The fraction of sp³-hybridized carbons (Fsp3) is 0.353. The van der Waals surface area contributed by atoms with E-state index in [1.54, 1.807) is 43.6 Å². The number of anilines is 1. The number of carbonyl (C=O) groups excluding carboxylic acids is 1. The summed E-state index contributed by atoms with van der Waals surface area (Å²) in [5.74, 6) is 1.16. The molecule has 7 nitrogen and oxygen atoms in total. The molecule has 0 aliphatic carbocycles. The molecule has 0 saturated carbocycles. The second-order valence-electron chi connectivity index (χ2n) is 5.36. The molecule has 0 atom stereocenters. The maximum atomic E-state index is 12.2. The molecule has 7 heteroatoms. The van der Waals surface area contributed by atoms with Crippen LogP contribution in [-0.2, 0) is 11.3 Å². The van der Waals surface area contributed by atoms with E-state index >= 15 is 0 Å². The zero-order valence-corrected chi connectivity index (χ0v) is 13.6. The first kappa shape index (κ1) is 16.2. The van der Waals surface area contributed by atoms with Gasteiger partial charge in [-0.3, -0.25) is 4.79 Å². The van der Waals surface area contributed by atoms with E-state index < -0.39 is 0 Å². The predicted molar refractivity (Wildman–Crippen MR) is 89.2 cm³/mol. The Morgan fingerprint density at radius 3 is 2.96 bits per heavy atom. The molecule has 0 bridgehead atoms. The number of nitrogens with one attached hydrogen (secondary N) is 1. The third-order valence-corrected chi connectivity index (χ3v) is 3.76. The van der Waals surface area contributed by atoms with Crippen molar-refractivity contribution < 1.29 is 14.3 Å². The van der Waals surface area contributed by atoms with Gasteiger partial charge in [0.2, 0.25) is 5.95 Å². The van der Waals surface area contributed by atoms with Crippen LogP contribution in [0.2, 0.25) is 0 Å². The topological polar surface area (TPSA) is 76.6 Å². The van der Waals surface area contributed by atoms with E-state index in [4.69, 9.17) is 9.47 Å². The van der Waals surface area contributed by atoms with Gasteiger partial charge < -0.3 is 19.7 Å². The van der Waals surface area contributed by atoms with Crippen LogP contribution >= 0.6 is 0 Å². The van der Waals surface area contributed by atoms with Crippen molar-refractivity contribution in [3.05, 3.63) is 47.8 Å². The zero-order valence-electron chi connectivity index (χ0n) is 13.6. The van der Waals surface area contributed by atoms with Crippen molar-refractivity contribution in [3.63, 3.8) is 0 Å². The van der Waals surface area contributed by atoms with Crippen LogP contribution in [0.5, 0.6) is 5.75 Å². The van der Waals surface area contributed by atoms with Crippen molar-refractivity contribution in [1.82, 2.24) is 15.3 Å². The molecule has 1 aliphatic rings. The van der Waals surface area contributed by atoms with Gasteiger partial charge in [0.25, 0.3) is 5.91 Å². The Hall–Kier alpha value is -2.67. The highest BCUT2D eigenvalue weighted by molar-refractivity contribution is 5.94. The normalized spacial score (nSPS) is 14.3. The first-order valence-electron chi connectivity index (χ1n) is 7.83. The van der Waals surface area contributed by atoms with Crippen LogP contribution in [0.1, 0.15) is 16.1 Å². The molecule has 1 aromatic heterocycles. The fourth-order valence-electron chi connectivity index (χ4n) is 2.44.